The van der Waals surface area contributed by atoms with Crippen LogP contribution >= 0.6 is 0 Å². The number of hydrogen-bond donors (Lipinski definition) is 3. The summed E-state index contributed by atoms with van der Waals surface area (Å²) in [4.78, 5) is 44.8. The van der Waals surface area contributed by atoms with Gasteiger partial charge in [-0.25, -0.2) is 4.98 Å². The van der Waals surface area contributed by atoms with E-state index in [0.29, 0.717) is 40.7 Å². The number of H-pyrrole nitrogens is 2. The standard InChI is InChI=1S/C21H22N4O4/c26-19(14-8-9-15-16(11-14)24-21(28)20(27)23-15)25-18-17(7-4-10-22-18)29-12-13-5-2-1-3-6-13/h4,7-11,13H,1-3,5-6,12H2,(H,23,27)(H,24,28)(H,22,25,26). The number of anilines is 1. The number of nitrogens with one attached hydrogen (secondary N) is 3. The molecule has 1 saturated carbocycles. The Bertz CT molecular complexity index is 1150. The number of aromatic amines is 2. The first kappa shape index (κ1) is 18.9. The first-order valence-corrected chi connectivity index (χ1v) is 9.76. The van der Waals surface area contributed by atoms with Crippen molar-refractivity contribution in [3.8, 4) is 5.75 Å². The second-order valence-electron chi connectivity index (χ2n) is 7.29. The fourth-order valence-corrected chi connectivity index (χ4v) is 3.60. The molecule has 2 heterocycles. The van der Waals surface area contributed by atoms with Gasteiger partial charge in [-0.05, 0) is 49.1 Å². The molecule has 3 N–H and O–H groups in total. The fraction of sp³-hybridized carbons (Fsp3) is 0.333. The Balaban J connectivity index is 1.51. The van der Waals surface area contributed by atoms with E-state index < -0.39 is 11.1 Å². The minimum Gasteiger partial charge on any atom is -0.489 e. The molecule has 3 aromatic rings. The molecular formula is C21H22N4O4. The fourth-order valence-electron chi connectivity index (χ4n) is 3.60. The van der Waals surface area contributed by atoms with E-state index in [1.807, 2.05) is 0 Å². The third-order valence-electron chi connectivity index (χ3n) is 5.19. The molecule has 0 radical (unpaired) electrons. The lowest BCUT2D eigenvalue weighted by Crippen LogP contribution is -2.29. The SMILES string of the molecule is O=C(Nc1ncccc1OCC1CCCCC1)c1ccc2[nH]c(=O)c(=O)[nH]c2c1. The largest absolute Gasteiger partial charge is 0.489 e. The molecule has 0 aliphatic heterocycles. The van der Waals surface area contributed by atoms with Crippen LogP contribution in [0.3, 0.4) is 0 Å². The van der Waals surface area contributed by atoms with Crippen molar-refractivity contribution < 1.29 is 9.53 Å². The average molecular weight is 394 g/mol. The normalized spacial score (nSPS) is 14.6. The van der Waals surface area contributed by atoms with Gasteiger partial charge in [0.2, 0.25) is 0 Å². The number of ether oxygens (including phenoxy) is 1. The molecular weight excluding hydrogens is 372 g/mol. The van der Waals surface area contributed by atoms with Crippen molar-refractivity contribution in [2.75, 3.05) is 11.9 Å². The number of fused-ring (bicyclic) bond motifs is 1. The Labute approximate surface area is 166 Å². The van der Waals surface area contributed by atoms with Crippen molar-refractivity contribution >= 4 is 22.8 Å². The van der Waals surface area contributed by atoms with Crippen LogP contribution in [-0.4, -0.2) is 27.5 Å². The smallest absolute Gasteiger partial charge is 0.314 e. The molecule has 0 atom stereocenters. The number of pyridine rings is 1. The monoisotopic (exact) mass is 394 g/mol. The highest BCUT2D eigenvalue weighted by atomic mass is 16.5. The van der Waals surface area contributed by atoms with Crippen LogP contribution in [0.15, 0.2) is 46.1 Å². The van der Waals surface area contributed by atoms with Crippen molar-refractivity contribution in [2.24, 2.45) is 5.92 Å². The number of hydrogen-bond acceptors (Lipinski definition) is 5. The average Bonchev–Trinajstić information content (AvgIpc) is 2.74. The summed E-state index contributed by atoms with van der Waals surface area (Å²) < 4.78 is 5.95. The van der Waals surface area contributed by atoms with Gasteiger partial charge in [-0.15, -0.1) is 0 Å². The van der Waals surface area contributed by atoms with Gasteiger partial charge in [-0.1, -0.05) is 19.3 Å². The molecule has 0 saturated heterocycles. The zero-order valence-electron chi connectivity index (χ0n) is 15.9. The van der Waals surface area contributed by atoms with Crippen LogP contribution in [0.1, 0.15) is 42.5 Å². The summed E-state index contributed by atoms with van der Waals surface area (Å²) in [5.41, 5.74) is -0.359. The van der Waals surface area contributed by atoms with Crippen LogP contribution in [0.5, 0.6) is 5.75 Å². The number of carbonyl (C=O) groups is 1. The molecule has 0 spiro atoms. The van der Waals surface area contributed by atoms with E-state index in [2.05, 4.69) is 20.3 Å². The van der Waals surface area contributed by atoms with Crippen molar-refractivity contribution in [3.63, 3.8) is 0 Å². The van der Waals surface area contributed by atoms with Gasteiger partial charge in [0, 0.05) is 11.8 Å². The maximum atomic E-state index is 12.7. The molecule has 0 unspecified atom stereocenters. The maximum Gasteiger partial charge on any atom is 0.314 e. The molecule has 2 aromatic heterocycles. The quantitative estimate of drug-likeness (QED) is 0.575. The first-order chi connectivity index (χ1) is 14.1. The van der Waals surface area contributed by atoms with Gasteiger partial charge >= 0.3 is 11.1 Å². The Morgan fingerprint density at radius 2 is 1.83 bits per heavy atom. The van der Waals surface area contributed by atoms with Crippen LogP contribution in [0, 0.1) is 5.92 Å². The molecule has 0 bridgehead atoms. The third-order valence-corrected chi connectivity index (χ3v) is 5.19. The summed E-state index contributed by atoms with van der Waals surface area (Å²) in [6.07, 6.45) is 7.68. The van der Waals surface area contributed by atoms with Gasteiger partial charge in [0.15, 0.2) is 11.6 Å². The van der Waals surface area contributed by atoms with Crippen LogP contribution < -0.4 is 21.2 Å². The zero-order chi connectivity index (χ0) is 20.2. The summed E-state index contributed by atoms with van der Waals surface area (Å²) in [7, 11) is 0. The minimum atomic E-state index is -0.766. The highest BCUT2D eigenvalue weighted by Gasteiger charge is 2.16. The van der Waals surface area contributed by atoms with Gasteiger partial charge in [0.1, 0.15) is 0 Å². The Hall–Kier alpha value is -3.42. The maximum absolute atomic E-state index is 12.7. The van der Waals surface area contributed by atoms with E-state index in [9.17, 15) is 14.4 Å². The molecule has 4 rings (SSSR count). The van der Waals surface area contributed by atoms with Gasteiger partial charge < -0.3 is 20.0 Å². The van der Waals surface area contributed by atoms with Gasteiger partial charge in [0.05, 0.1) is 17.6 Å². The molecule has 8 nitrogen and oxygen atoms in total. The topological polar surface area (TPSA) is 117 Å². The van der Waals surface area contributed by atoms with Crippen molar-refractivity contribution in [2.45, 2.75) is 32.1 Å². The second kappa shape index (κ2) is 8.30. The number of carbonyl (C=O) groups excluding carboxylic acids is 1. The summed E-state index contributed by atoms with van der Waals surface area (Å²) >= 11 is 0. The van der Waals surface area contributed by atoms with Crippen LogP contribution in [0.4, 0.5) is 5.82 Å². The van der Waals surface area contributed by atoms with E-state index in [4.69, 9.17) is 4.74 Å². The number of amides is 1. The molecule has 1 aliphatic carbocycles. The van der Waals surface area contributed by atoms with Crippen LogP contribution in [0.2, 0.25) is 0 Å². The third kappa shape index (κ3) is 4.37. The minimum absolute atomic E-state index is 0.323. The number of nitrogens with zero attached hydrogens (tertiary/aromatic N) is 1. The van der Waals surface area contributed by atoms with Crippen molar-refractivity contribution in [1.29, 1.82) is 0 Å². The lowest BCUT2D eigenvalue weighted by molar-refractivity contribution is 0.102. The number of aromatic nitrogens is 3. The Morgan fingerprint density at radius 1 is 1.07 bits per heavy atom. The predicted octanol–water partition coefficient (Wildman–Crippen LogP) is 2.82. The Kier molecular flexibility index (Phi) is 5.41. The van der Waals surface area contributed by atoms with Gasteiger partial charge in [-0.2, -0.15) is 0 Å². The molecule has 29 heavy (non-hydrogen) atoms. The summed E-state index contributed by atoms with van der Waals surface area (Å²) in [6, 6.07) is 8.20. The second-order valence-corrected chi connectivity index (χ2v) is 7.29. The number of benzene rings is 1. The Morgan fingerprint density at radius 3 is 2.62 bits per heavy atom. The highest BCUT2D eigenvalue weighted by molar-refractivity contribution is 6.06. The lowest BCUT2D eigenvalue weighted by atomic mass is 9.90. The van der Waals surface area contributed by atoms with E-state index in [1.54, 1.807) is 30.5 Å². The molecule has 1 fully saturated rings. The van der Waals surface area contributed by atoms with Crippen LogP contribution in [-0.2, 0) is 0 Å². The van der Waals surface area contributed by atoms with Crippen molar-refractivity contribution in [3.05, 3.63) is 62.8 Å². The van der Waals surface area contributed by atoms with E-state index in [1.165, 1.54) is 38.2 Å². The molecule has 1 aliphatic rings. The first-order valence-electron chi connectivity index (χ1n) is 9.76. The summed E-state index contributed by atoms with van der Waals surface area (Å²) in [5.74, 6) is 1.03. The molecule has 8 heteroatoms. The van der Waals surface area contributed by atoms with Gasteiger partial charge in [-0.3, -0.25) is 14.4 Å². The van der Waals surface area contributed by atoms with Crippen LogP contribution in [0.25, 0.3) is 11.0 Å². The predicted molar refractivity (Wildman–Crippen MR) is 109 cm³/mol. The van der Waals surface area contributed by atoms with E-state index in [-0.39, 0.29) is 5.91 Å². The van der Waals surface area contributed by atoms with E-state index in [0.717, 1.165) is 0 Å². The zero-order valence-corrected chi connectivity index (χ0v) is 15.9. The number of rotatable bonds is 5. The van der Waals surface area contributed by atoms with E-state index >= 15 is 0 Å². The highest BCUT2D eigenvalue weighted by Crippen LogP contribution is 2.27. The summed E-state index contributed by atoms with van der Waals surface area (Å²) in [5, 5.41) is 2.77. The lowest BCUT2D eigenvalue weighted by Gasteiger charge is -2.22. The molecule has 1 aromatic carbocycles. The summed E-state index contributed by atoms with van der Waals surface area (Å²) in [6.45, 7) is 0.610. The van der Waals surface area contributed by atoms with Crippen molar-refractivity contribution in [1.82, 2.24) is 15.0 Å². The van der Waals surface area contributed by atoms with Gasteiger partial charge in [0.25, 0.3) is 5.91 Å². The molecule has 150 valence electrons. The molecule has 1 amide bonds.